The lowest BCUT2D eigenvalue weighted by atomic mass is 10.1. The first-order chi connectivity index (χ1) is 8.65. The molecular formula is C13H16BrN3O. The second-order valence-corrected chi connectivity index (χ2v) is 5.09. The van der Waals surface area contributed by atoms with E-state index in [0.717, 1.165) is 29.8 Å². The van der Waals surface area contributed by atoms with Crippen LogP contribution in [0.1, 0.15) is 22.8 Å². The molecule has 2 rings (SSSR count). The number of aryl methyl sites for hydroxylation is 2. The van der Waals surface area contributed by atoms with Crippen LogP contribution >= 0.6 is 15.9 Å². The smallest absolute Gasteiger partial charge is 0.223 e. The summed E-state index contributed by atoms with van der Waals surface area (Å²) >= 11 is 3.50. The molecule has 96 valence electrons. The Morgan fingerprint density at radius 3 is 2.83 bits per heavy atom. The summed E-state index contributed by atoms with van der Waals surface area (Å²) in [5, 5.41) is 7.22. The second-order valence-electron chi connectivity index (χ2n) is 4.24. The van der Waals surface area contributed by atoms with Gasteiger partial charge in [-0.2, -0.15) is 4.98 Å². The summed E-state index contributed by atoms with van der Waals surface area (Å²) in [5.41, 5.74) is 2.53. The minimum absolute atomic E-state index is 0.619. The maximum atomic E-state index is 4.91. The van der Waals surface area contributed by atoms with Crippen LogP contribution in [0.2, 0.25) is 0 Å². The first kappa shape index (κ1) is 13.2. The van der Waals surface area contributed by atoms with Gasteiger partial charge in [-0.3, -0.25) is 0 Å². The Hall–Kier alpha value is -1.20. The topological polar surface area (TPSA) is 51.0 Å². The molecule has 0 unspecified atom stereocenters. The van der Waals surface area contributed by atoms with Crippen molar-refractivity contribution >= 4 is 15.9 Å². The van der Waals surface area contributed by atoms with E-state index in [1.807, 2.05) is 0 Å². The highest BCUT2D eigenvalue weighted by Gasteiger charge is 2.01. The van der Waals surface area contributed by atoms with Gasteiger partial charge in [0.15, 0.2) is 5.82 Å². The average Bonchev–Trinajstić information content (AvgIpc) is 2.75. The zero-order valence-electron chi connectivity index (χ0n) is 10.5. The molecule has 1 N–H and O–H groups in total. The number of nitrogens with one attached hydrogen (secondary N) is 1. The van der Waals surface area contributed by atoms with Crippen molar-refractivity contribution in [2.45, 2.75) is 26.8 Å². The molecule has 4 nitrogen and oxygen atoms in total. The molecule has 1 aromatic carbocycles. The molecule has 0 atom stereocenters. The first-order valence-electron chi connectivity index (χ1n) is 5.90. The summed E-state index contributed by atoms with van der Waals surface area (Å²) in [6.45, 7) is 5.59. The van der Waals surface area contributed by atoms with Gasteiger partial charge in [-0.25, -0.2) is 0 Å². The molecular weight excluding hydrogens is 294 g/mol. The fourth-order valence-corrected chi connectivity index (χ4v) is 1.94. The summed E-state index contributed by atoms with van der Waals surface area (Å²) in [6, 6.07) is 6.37. The molecule has 0 saturated heterocycles. The van der Waals surface area contributed by atoms with Gasteiger partial charge in [0.2, 0.25) is 5.89 Å². The van der Waals surface area contributed by atoms with Gasteiger partial charge in [-0.05, 0) is 24.1 Å². The highest BCUT2D eigenvalue weighted by atomic mass is 79.9. The molecule has 0 aliphatic heterocycles. The predicted octanol–water partition coefficient (Wildman–Crippen LogP) is 2.78. The van der Waals surface area contributed by atoms with Gasteiger partial charge < -0.3 is 9.84 Å². The lowest BCUT2D eigenvalue weighted by molar-refractivity contribution is 0.387. The van der Waals surface area contributed by atoms with Gasteiger partial charge in [-0.15, -0.1) is 0 Å². The second kappa shape index (κ2) is 6.11. The minimum atomic E-state index is 0.619. The van der Waals surface area contributed by atoms with Crippen LogP contribution in [-0.4, -0.2) is 16.7 Å². The fraction of sp³-hybridized carbons (Fsp3) is 0.385. The third-order valence-corrected chi connectivity index (χ3v) is 3.54. The molecule has 0 radical (unpaired) electrons. The lowest BCUT2D eigenvalue weighted by Gasteiger charge is -2.05. The quantitative estimate of drug-likeness (QED) is 0.863. The normalized spacial score (nSPS) is 10.8. The monoisotopic (exact) mass is 309 g/mol. The first-order valence-corrected chi connectivity index (χ1v) is 6.69. The summed E-state index contributed by atoms with van der Waals surface area (Å²) < 4.78 is 6.06. The van der Waals surface area contributed by atoms with Gasteiger partial charge in [0, 0.05) is 30.9 Å². The van der Waals surface area contributed by atoms with Gasteiger partial charge in [0.05, 0.1) is 0 Å². The standard InChI is InChI=1S/C13H16BrN3O/c1-9-7-11(3-4-12(9)14)8-15-6-5-13-16-10(2)18-17-13/h3-4,7,15H,5-6,8H2,1-2H3. The molecule has 18 heavy (non-hydrogen) atoms. The van der Waals surface area contributed by atoms with Crippen molar-refractivity contribution in [1.29, 1.82) is 0 Å². The summed E-state index contributed by atoms with van der Waals surface area (Å²) in [6.07, 6.45) is 0.785. The van der Waals surface area contributed by atoms with Crippen molar-refractivity contribution in [3.05, 3.63) is 45.5 Å². The van der Waals surface area contributed by atoms with Crippen LogP contribution in [0, 0.1) is 13.8 Å². The van der Waals surface area contributed by atoms with Crippen molar-refractivity contribution < 1.29 is 4.52 Å². The van der Waals surface area contributed by atoms with Gasteiger partial charge >= 0.3 is 0 Å². The van der Waals surface area contributed by atoms with Gasteiger partial charge in [-0.1, -0.05) is 33.2 Å². The molecule has 0 amide bonds. The molecule has 0 fully saturated rings. The minimum Gasteiger partial charge on any atom is -0.340 e. The molecule has 5 heteroatoms. The van der Waals surface area contributed by atoms with Crippen molar-refractivity contribution in [2.75, 3.05) is 6.54 Å². The highest BCUT2D eigenvalue weighted by molar-refractivity contribution is 9.10. The summed E-state index contributed by atoms with van der Waals surface area (Å²) in [7, 11) is 0. The SMILES string of the molecule is Cc1nc(CCNCc2ccc(Br)c(C)c2)no1. The molecule has 0 aliphatic carbocycles. The number of hydrogen-bond donors (Lipinski definition) is 1. The molecule has 2 aromatic rings. The Bertz CT molecular complexity index is 525. The van der Waals surface area contributed by atoms with Crippen molar-refractivity contribution in [1.82, 2.24) is 15.5 Å². The molecule has 0 aliphatic rings. The van der Waals surface area contributed by atoms with E-state index in [-0.39, 0.29) is 0 Å². The Kier molecular flexibility index (Phi) is 4.49. The van der Waals surface area contributed by atoms with Crippen LogP contribution in [0.15, 0.2) is 27.2 Å². The Morgan fingerprint density at radius 2 is 2.17 bits per heavy atom. The van der Waals surface area contributed by atoms with Crippen molar-refractivity contribution in [3.63, 3.8) is 0 Å². The van der Waals surface area contributed by atoms with Gasteiger partial charge in [0.1, 0.15) is 0 Å². The van der Waals surface area contributed by atoms with Crippen LogP contribution < -0.4 is 5.32 Å². The Labute approximate surface area is 115 Å². The predicted molar refractivity (Wildman–Crippen MR) is 73.3 cm³/mol. The zero-order valence-corrected chi connectivity index (χ0v) is 12.1. The zero-order chi connectivity index (χ0) is 13.0. The molecule has 0 bridgehead atoms. The lowest BCUT2D eigenvalue weighted by Crippen LogP contribution is -2.17. The van der Waals surface area contributed by atoms with E-state index < -0.39 is 0 Å². The van der Waals surface area contributed by atoms with Crippen molar-refractivity contribution in [2.24, 2.45) is 0 Å². The number of aromatic nitrogens is 2. The maximum absolute atomic E-state index is 4.91. The molecule has 1 aromatic heterocycles. The van der Waals surface area contributed by atoms with Crippen LogP contribution in [-0.2, 0) is 13.0 Å². The Balaban J connectivity index is 1.76. The third kappa shape index (κ3) is 3.65. The van der Waals surface area contributed by atoms with E-state index >= 15 is 0 Å². The number of benzene rings is 1. The van der Waals surface area contributed by atoms with E-state index in [4.69, 9.17) is 4.52 Å². The van der Waals surface area contributed by atoms with E-state index in [9.17, 15) is 0 Å². The average molecular weight is 310 g/mol. The Morgan fingerprint density at radius 1 is 1.33 bits per heavy atom. The van der Waals surface area contributed by atoms with E-state index in [0.29, 0.717) is 5.89 Å². The van der Waals surface area contributed by atoms with Crippen molar-refractivity contribution in [3.8, 4) is 0 Å². The number of nitrogens with zero attached hydrogens (tertiary/aromatic N) is 2. The van der Waals surface area contributed by atoms with Crippen LogP contribution in [0.25, 0.3) is 0 Å². The number of halogens is 1. The summed E-state index contributed by atoms with van der Waals surface area (Å²) in [5.74, 6) is 1.38. The van der Waals surface area contributed by atoms with E-state index in [1.165, 1.54) is 11.1 Å². The fourth-order valence-electron chi connectivity index (χ4n) is 1.69. The highest BCUT2D eigenvalue weighted by Crippen LogP contribution is 2.16. The molecule has 0 spiro atoms. The third-order valence-electron chi connectivity index (χ3n) is 2.65. The number of hydrogen-bond acceptors (Lipinski definition) is 4. The van der Waals surface area contributed by atoms with E-state index in [1.54, 1.807) is 6.92 Å². The van der Waals surface area contributed by atoms with Crippen LogP contribution in [0.3, 0.4) is 0 Å². The molecule has 1 heterocycles. The molecule has 0 saturated carbocycles. The van der Waals surface area contributed by atoms with Gasteiger partial charge in [0.25, 0.3) is 0 Å². The maximum Gasteiger partial charge on any atom is 0.223 e. The van der Waals surface area contributed by atoms with Crippen LogP contribution in [0.4, 0.5) is 0 Å². The number of rotatable bonds is 5. The van der Waals surface area contributed by atoms with Crippen LogP contribution in [0.5, 0.6) is 0 Å². The van der Waals surface area contributed by atoms with E-state index in [2.05, 4.69) is 56.5 Å². The largest absolute Gasteiger partial charge is 0.340 e. The summed E-state index contributed by atoms with van der Waals surface area (Å²) in [4.78, 5) is 4.16.